The Hall–Kier alpha value is -1.32. The molecule has 0 aliphatic carbocycles. The first-order valence-corrected chi connectivity index (χ1v) is 4.97. The van der Waals surface area contributed by atoms with Gasteiger partial charge in [0.05, 0.1) is 6.42 Å². The molecule has 0 saturated heterocycles. The number of ketones is 1. The minimum Gasteiger partial charge on any atom is -0.294 e. The van der Waals surface area contributed by atoms with Gasteiger partial charge in [0.2, 0.25) is 0 Å². The van der Waals surface area contributed by atoms with Crippen LogP contribution in [-0.2, 0) is 0 Å². The maximum Gasteiger partial charge on any atom is 0.389 e. The molecule has 0 fully saturated rings. The monoisotopic (exact) mass is 230 g/mol. The number of carbonyl (C=O) groups is 1. The molecule has 1 rings (SSSR count). The number of hydrogen-bond donors (Lipinski definition) is 0. The Morgan fingerprint density at radius 1 is 1.25 bits per heavy atom. The molecule has 88 valence electrons. The van der Waals surface area contributed by atoms with E-state index in [1.807, 2.05) is 6.92 Å². The van der Waals surface area contributed by atoms with Crippen molar-refractivity contribution < 1.29 is 18.0 Å². The van der Waals surface area contributed by atoms with Crippen LogP contribution < -0.4 is 0 Å². The van der Waals surface area contributed by atoms with Gasteiger partial charge in [0.15, 0.2) is 5.78 Å². The molecule has 0 aromatic heterocycles. The lowest BCUT2D eigenvalue weighted by atomic mass is 9.99. The van der Waals surface area contributed by atoms with Gasteiger partial charge >= 0.3 is 6.18 Å². The average molecular weight is 230 g/mol. The van der Waals surface area contributed by atoms with Crippen molar-refractivity contribution in [1.82, 2.24) is 0 Å². The summed E-state index contributed by atoms with van der Waals surface area (Å²) >= 11 is 0. The van der Waals surface area contributed by atoms with E-state index in [1.165, 1.54) is 0 Å². The van der Waals surface area contributed by atoms with E-state index < -0.39 is 24.8 Å². The Morgan fingerprint density at radius 2 is 1.88 bits per heavy atom. The first-order chi connectivity index (χ1) is 7.29. The molecule has 0 bridgehead atoms. The third-order valence-corrected chi connectivity index (χ3v) is 2.32. The molecule has 0 aliphatic rings. The summed E-state index contributed by atoms with van der Waals surface area (Å²) in [5.74, 6) is -0.449. The Kier molecular flexibility index (Phi) is 3.73. The second-order valence-corrected chi connectivity index (χ2v) is 3.86. The van der Waals surface area contributed by atoms with Crippen molar-refractivity contribution >= 4 is 5.78 Å². The number of rotatable bonds is 3. The minimum atomic E-state index is -4.27. The Labute approximate surface area is 92.3 Å². The lowest BCUT2D eigenvalue weighted by Gasteiger charge is -2.07. The number of Topliss-reactive ketones (excluding diaryl/α,β-unsaturated/α-hetero) is 1. The van der Waals surface area contributed by atoms with Crippen LogP contribution in [0.5, 0.6) is 0 Å². The van der Waals surface area contributed by atoms with E-state index in [1.54, 1.807) is 25.1 Å². The minimum absolute atomic E-state index is 0.384. The highest BCUT2D eigenvalue weighted by atomic mass is 19.4. The van der Waals surface area contributed by atoms with Crippen molar-refractivity contribution in [1.29, 1.82) is 0 Å². The van der Waals surface area contributed by atoms with Crippen LogP contribution in [0.2, 0.25) is 0 Å². The lowest BCUT2D eigenvalue weighted by Crippen LogP contribution is -2.11. The van der Waals surface area contributed by atoms with Gasteiger partial charge in [-0.2, -0.15) is 13.2 Å². The molecule has 0 saturated carbocycles. The van der Waals surface area contributed by atoms with Crippen LogP contribution in [0.4, 0.5) is 13.2 Å². The van der Waals surface area contributed by atoms with E-state index in [0.29, 0.717) is 5.56 Å². The van der Waals surface area contributed by atoms with Gasteiger partial charge in [0.25, 0.3) is 0 Å². The molecule has 1 aromatic rings. The molecule has 0 heterocycles. The van der Waals surface area contributed by atoms with Gasteiger partial charge in [-0.25, -0.2) is 0 Å². The van der Waals surface area contributed by atoms with Crippen LogP contribution >= 0.6 is 0 Å². The zero-order chi connectivity index (χ0) is 12.3. The SMILES string of the molecule is Cc1ccc(C(=O)CCC(F)(F)F)c(C)c1. The molecule has 0 spiro atoms. The highest BCUT2D eigenvalue weighted by Crippen LogP contribution is 2.23. The van der Waals surface area contributed by atoms with Crippen LogP contribution in [0.25, 0.3) is 0 Å². The van der Waals surface area contributed by atoms with Crippen LogP contribution in [0.3, 0.4) is 0 Å². The van der Waals surface area contributed by atoms with Crippen LogP contribution in [0.15, 0.2) is 18.2 Å². The van der Waals surface area contributed by atoms with Crippen LogP contribution in [-0.4, -0.2) is 12.0 Å². The molecule has 0 unspecified atom stereocenters. The zero-order valence-corrected chi connectivity index (χ0v) is 9.19. The zero-order valence-electron chi connectivity index (χ0n) is 9.19. The van der Waals surface area contributed by atoms with Gasteiger partial charge in [-0.05, 0) is 19.4 Å². The molecule has 0 radical (unpaired) electrons. The molecule has 0 amide bonds. The standard InChI is InChI=1S/C12H13F3O/c1-8-3-4-10(9(2)7-8)11(16)5-6-12(13,14)15/h3-4,7H,5-6H2,1-2H3. The molecule has 0 aliphatic heterocycles. The Bertz CT molecular complexity index is 394. The smallest absolute Gasteiger partial charge is 0.294 e. The van der Waals surface area contributed by atoms with E-state index in [2.05, 4.69) is 0 Å². The largest absolute Gasteiger partial charge is 0.389 e. The van der Waals surface area contributed by atoms with Gasteiger partial charge in [-0.3, -0.25) is 4.79 Å². The van der Waals surface area contributed by atoms with Crippen molar-refractivity contribution in [3.8, 4) is 0 Å². The highest BCUT2D eigenvalue weighted by Gasteiger charge is 2.28. The first kappa shape index (κ1) is 12.7. The fourth-order valence-corrected chi connectivity index (χ4v) is 1.52. The summed E-state index contributed by atoms with van der Waals surface area (Å²) in [7, 11) is 0. The number of benzene rings is 1. The second kappa shape index (κ2) is 4.68. The first-order valence-electron chi connectivity index (χ1n) is 4.97. The topological polar surface area (TPSA) is 17.1 Å². The average Bonchev–Trinajstić information content (AvgIpc) is 2.13. The van der Waals surface area contributed by atoms with E-state index in [9.17, 15) is 18.0 Å². The molecule has 0 N–H and O–H groups in total. The summed E-state index contributed by atoms with van der Waals surface area (Å²) in [4.78, 5) is 11.5. The highest BCUT2D eigenvalue weighted by molar-refractivity contribution is 5.97. The second-order valence-electron chi connectivity index (χ2n) is 3.86. The molecule has 4 heteroatoms. The molecular formula is C12H13F3O. The van der Waals surface area contributed by atoms with Gasteiger partial charge in [-0.15, -0.1) is 0 Å². The fraction of sp³-hybridized carbons (Fsp3) is 0.417. The maximum atomic E-state index is 11.9. The van der Waals surface area contributed by atoms with Gasteiger partial charge in [-0.1, -0.05) is 23.8 Å². The van der Waals surface area contributed by atoms with E-state index in [-0.39, 0.29) is 0 Å². The van der Waals surface area contributed by atoms with Crippen molar-refractivity contribution in [2.75, 3.05) is 0 Å². The molecular weight excluding hydrogens is 217 g/mol. The van der Waals surface area contributed by atoms with Crippen molar-refractivity contribution in [2.24, 2.45) is 0 Å². The summed E-state index contributed by atoms with van der Waals surface area (Å²) in [6.07, 6.45) is -5.80. The normalized spacial score (nSPS) is 11.6. The predicted molar refractivity (Wildman–Crippen MR) is 55.5 cm³/mol. The Morgan fingerprint density at radius 3 is 2.38 bits per heavy atom. The fourth-order valence-electron chi connectivity index (χ4n) is 1.52. The quantitative estimate of drug-likeness (QED) is 0.721. The number of halogens is 3. The molecule has 0 atom stereocenters. The number of carbonyl (C=O) groups excluding carboxylic acids is 1. The molecule has 1 nitrogen and oxygen atoms in total. The van der Waals surface area contributed by atoms with Crippen molar-refractivity contribution in [3.63, 3.8) is 0 Å². The third kappa shape index (κ3) is 3.68. The summed E-state index contributed by atoms with van der Waals surface area (Å²) < 4.78 is 35.8. The van der Waals surface area contributed by atoms with Gasteiger partial charge in [0.1, 0.15) is 0 Å². The number of alkyl halides is 3. The molecule has 16 heavy (non-hydrogen) atoms. The van der Waals surface area contributed by atoms with Crippen LogP contribution in [0.1, 0.15) is 34.3 Å². The lowest BCUT2D eigenvalue weighted by molar-refractivity contribution is -0.133. The summed E-state index contributed by atoms with van der Waals surface area (Å²) in [6.45, 7) is 3.60. The third-order valence-electron chi connectivity index (χ3n) is 2.32. The maximum absolute atomic E-state index is 11.9. The van der Waals surface area contributed by atoms with Crippen LogP contribution in [0, 0.1) is 13.8 Å². The summed E-state index contributed by atoms with van der Waals surface area (Å²) in [5, 5.41) is 0. The molecule has 1 aromatic carbocycles. The summed E-state index contributed by atoms with van der Waals surface area (Å²) in [6, 6.07) is 5.11. The number of aryl methyl sites for hydroxylation is 2. The Balaban J connectivity index is 2.74. The predicted octanol–water partition coefficient (Wildman–Crippen LogP) is 3.83. The van der Waals surface area contributed by atoms with Gasteiger partial charge < -0.3 is 0 Å². The van der Waals surface area contributed by atoms with Crippen molar-refractivity contribution in [2.45, 2.75) is 32.9 Å². The van der Waals surface area contributed by atoms with Crippen molar-refractivity contribution in [3.05, 3.63) is 34.9 Å². The number of hydrogen-bond acceptors (Lipinski definition) is 1. The van der Waals surface area contributed by atoms with E-state index in [0.717, 1.165) is 11.1 Å². The summed E-state index contributed by atoms with van der Waals surface area (Å²) in [5.41, 5.74) is 2.10. The van der Waals surface area contributed by atoms with E-state index >= 15 is 0 Å². The van der Waals surface area contributed by atoms with E-state index in [4.69, 9.17) is 0 Å². The van der Waals surface area contributed by atoms with Gasteiger partial charge in [0, 0.05) is 12.0 Å².